The molecule has 0 amide bonds. The summed E-state index contributed by atoms with van der Waals surface area (Å²) in [7, 11) is 0. The molecule has 0 aromatic carbocycles. The van der Waals surface area contributed by atoms with Gasteiger partial charge in [-0.15, -0.1) is 22.7 Å². The molecule has 0 aliphatic carbocycles. The summed E-state index contributed by atoms with van der Waals surface area (Å²) in [5.74, 6) is 0. The van der Waals surface area contributed by atoms with Crippen LogP contribution in [0, 0.1) is 6.92 Å². The van der Waals surface area contributed by atoms with Crippen molar-refractivity contribution in [1.29, 1.82) is 0 Å². The van der Waals surface area contributed by atoms with Gasteiger partial charge in [0.1, 0.15) is 5.01 Å². The molecule has 0 N–H and O–H groups in total. The van der Waals surface area contributed by atoms with Gasteiger partial charge in [0, 0.05) is 11.1 Å². The highest BCUT2D eigenvalue weighted by molar-refractivity contribution is 7.20. The van der Waals surface area contributed by atoms with Gasteiger partial charge in [0.05, 0.1) is 4.88 Å². The molecule has 0 aliphatic rings. The van der Waals surface area contributed by atoms with Crippen molar-refractivity contribution in [3.05, 3.63) is 28.1 Å². The molecular formula is C11H13NS2. The minimum atomic E-state index is 1.12. The van der Waals surface area contributed by atoms with Crippen LogP contribution >= 0.6 is 22.7 Å². The van der Waals surface area contributed by atoms with E-state index in [1.54, 1.807) is 22.7 Å². The summed E-state index contributed by atoms with van der Waals surface area (Å²) >= 11 is 3.54. The van der Waals surface area contributed by atoms with Gasteiger partial charge in [-0.05, 0) is 30.4 Å². The quantitative estimate of drug-likeness (QED) is 0.762. The standard InChI is InChI=1S/C11H13NS2/c1-3-4-9-5-10(13-7-9)11-12-8(2)6-14-11/h5-7H,3-4H2,1-2H3. The minimum absolute atomic E-state index is 1.12. The fourth-order valence-electron chi connectivity index (χ4n) is 1.37. The molecule has 0 bridgehead atoms. The number of hydrogen-bond donors (Lipinski definition) is 0. The summed E-state index contributed by atoms with van der Waals surface area (Å²) in [6.45, 7) is 4.26. The maximum absolute atomic E-state index is 4.48. The number of thiophene rings is 1. The predicted molar refractivity (Wildman–Crippen MR) is 64.2 cm³/mol. The van der Waals surface area contributed by atoms with Crippen molar-refractivity contribution in [3.63, 3.8) is 0 Å². The van der Waals surface area contributed by atoms with Crippen LogP contribution in [0.4, 0.5) is 0 Å². The van der Waals surface area contributed by atoms with E-state index in [0.29, 0.717) is 0 Å². The van der Waals surface area contributed by atoms with E-state index in [-0.39, 0.29) is 0 Å². The van der Waals surface area contributed by atoms with E-state index in [1.165, 1.54) is 23.3 Å². The summed E-state index contributed by atoms with van der Waals surface area (Å²) in [5, 5.41) is 5.51. The zero-order valence-electron chi connectivity index (χ0n) is 8.41. The first-order valence-electron chi connectivity index (χ1n) is 4.79. The van der Waals surface area contributed by atoms with Crippen LogP contribution in [0.15, 0.2) is 16.8 Å². The Labute approximate surface area is 92.4 Å². The molecule has 2 aromatic rings. The van der Waals surface area contributed by atoms with Crippen molar-refractivity contribution in [3.8, 4) is 9.88 Å². The van der Waals surface area contributed by atoms with E-state index in [4.69, 9.17) is 0 Å². The van der Waals surface area contributed by atoms with Gasteiger partial charge in [-0.25, -0.2) is 4.98 Å². The molecule has 0 saturated heterocycles. The normalized spacial score (nSPS) is 10.7. The molecular weight excluding hydrogens is 210 g/mol. The van der Waals surface area contributed by atoms with Gasteiger partial charge in [0.2, 0.25) is 0 Å². The Hall–Kier alpha value is -0.670. The minimum Gasteiger partial charge on any atom is -0.241 e. The number of thiazole rings is 1. The molecule has 0 aliphatic heterocycles. The second-order valence-electron chi connectivity index (χ2n) is 3.36. The highest BCUT2D eigenvalue weighted by Gasteiger charge is 2.05. The molecule has 2 aromatic heterocycles. The number of hydrogen-bond acceptors (Lipinski definition) is 3. The predicted octanol–water partition coefficient (Wildman–Crippen LogP) is 4.13. The zero-order chi connectivity index (χ0) is 9.97. The lowest BCUT2D eigenvalue weighted by Gasteiger charge is -1.89. The van der Waals surface area contributed by atoms with E-state index in [0.717, 1.165) is 10.7 Å². The van der Waals surface area contributed by atoms with Crippen molar-refractivity contribution in [2.24, 2.45) is 0 Å². The van der Waals surface area contributed by atoms with Crippen LogP contribution in [0.3, 0.4) is 0 Å². The Bertz CT molecular complexity index is 414. The Morgan fingerprint density at radius 1 is 1.29 bits per heavy atom. The molecule has 0 radical (unpaired) electrons. The van der Waals surface area contributed by atoms with Crippen molar-refractivity contribution in [1.82, 2.24) is 4.98 Å². The van der Waals surface area contributed by atoms with Gasteiger partial charge in [-0.2, -0.15) is 0 Å². The molecule has 1 nitrogen and oxygen atoms in total. The lowest BCUT2D eigenvalue weighted by molar-refractivity contribution is 0.927. The third kappa shape index (κ3) is 2.04. The molecule has 0 saturated carbocycles. The monoisotopic (exact) mass is 223 g/mol. The molecule has 3 heteroatoms. The molecule has 0 unspecified atom stereocenters. The van der Waals surface area contributed by atoms with Crippen LogP contribution in [0.1, 0.15) is 24.6 Å². The second kappa shape index (κ2) is 4.24. The zero-order valence-corrected chi connectivity index (χ0v) is 10.0. The van der Waals surface area contributed by atoms with Crippen molar-refractivity contribution in [2.75, 3.05) is 0 Å². The van der Waals surface area contributed by atoms with Crippen LogP contribution in [0.5, 0.6) is 0 Å². The SMILES string of the molecule is CCCc1csc(-c2nc(C)cs2)c1. The number of nitrogens with zero attached hydrogens (tertiary/aromatic N) is 1. The van der Waals surface area contributed by atoms with E-state index in [2.05, 4.69) is 28.7 Å². The summed E-state index contributed by atoms with van der Waals surface area (Å²) < 4.78 is 0. The van der Waals surface area contributed by atoms with E-state index >= 15 is 0 Å². The average molecular weight is 223 g/mol. The second-order valence-corrected chi connectivity index (χ2v) is 5.13. The molecule has 74 valence electrons. The molecule has 0 spiro atoms. The van der Waals surface area contributed by atoms with E-state index in [9.17, 15) is 0 Å². The summed E-state index contributed by atoms with van der Waals surface area (Å²) in [5.41, 5.74) is 2.57. The van der Waals surface area contributed by atoms with E-state index < -0.39 is 0 Å². The summed E-state index contributed by atoms with van der Waals surface area (Å²) in [6.07, 6.45) is 2.40. The first-order chi connectivity index (χ1) is 6.79. The Kier molecular flexibility index (Phi) is 2.99. The van der Waals surface area contributed by atoms with E-state index in [1.807, 2.05) is 6.92 Å². The van der Waals surface area contributed by atoms with Crippen LogP contribution < -0.4 is 0 Å². The topological polar surface area (TPSA) is 12.9 Å². The van der Waals surface area contributed by atoms with Gasteiger partial charge >= 0.3 is 0 Å². The largest absolute Gasteiger partial charge is 0.241 e. The van der Waals surface area contributed by atoms with Crippen molar-refractivity contribution in [2.45, 2.75) is 26.7 Å². The third-order valence-electron chi connectivity index (χ3n) is 2.02. The number of rotatable bonds is 3. The van der Waals surface area contributed by atoms with Gasteiger partial charge in [0.15, 0.2) is 0 Å². The van der Waals surface area contributed by atoms with Crippen LogP contribution in [0.25, 0.3) is 9.88 Å². The smallest absolute Gasteiger partial charge is 0.133 e. The number of aryl methyl sites for hydroxylation is 2. The Morgan fingerprint density at radius 2 is 2.14 bits per heavy atom. The van der Waals surface area contributed by atoms with Gasteiger partial charge in [-0.3, -0.25) is 0 Å². The molecule has 14 heavy (non-hydrogen) atoms. The Morgan fingerprint density at radius 3 is 2.79 bits per heavy atom. The Balaban J connectivity index is 2.24. The van der Waals surface area contributed by atoms with Gasteiger partial charge < -0.3 is 0 Å². The van der Waals surface area contributed by atoms with Crippen LogP contribution in [-0.2, 0) is 6.42 Å². The average Bonchev–Trinajstić information content (AvgIpc) is 2.74. The van der Waals surface area contributed by atoms with Crippen LogP contribution in [-0.4, -0.2) is 4.98 Å². The highest BCUT2D eigenvalue weighted by Crippen LogP contribution is 2.30. The fraction of sp³-hybridized carbons (Fsp3) is 0.364. The van der Waals surface area contributed by atoms with Crippen molar-refractivity contribution < 1.29 is 0 Å². The maximum atomic E-state index is 4.48. The van der Waals surface area contributed by atoms with Crippen molar-refractivity contribution >= 4 is 22.7 Å². The molecule has 2 heterocycles. The molecule has 0 atom stereocenters. The maximum Gasteiger partial charge on any atom is 0.133 e. The fourth-order valence-corrected chi connectivity index (χ4v) is 3.20. The van der Waals surface area contributed by atoms with Gasteiger partial charge in [-0.1, -0.05) is 13.3 Å². The third-order valence-corrected chi connectivity index (χ3v) is 4.13. The number of aromatic nitrogens is 1. The summed E-state index contributed by atoms with van der Waals surface area (Å²) in [6, 6.07) is 2.27. The molecule has 2 rings (SSSR count). The summed E-state index contributed by atoms with van der Waals surface area (Å²) in [4.78, 5) is 5.79. The van der Waals surface area contributed by atoms with Crippen LogP contribution in [0.2, 0.25) is 0 Å². The molecule has 0 fully saturated rings. The first-order valence-corrected chi connectivity index (χ1v) is 6.55. The lowest BCUT2D eigenvalue weighted by Crippen LogP contribution is -1.76. The lowest BCUT2D eigenvalue weighted by atomic mass is 10.2. The first kappa shape index (κ1) is 9.87. The van der Waals surface area contributed by atoms with Gasteiger partial charge in [0.25, 0.3) is 0 Å². The highest BCUT2D eigenvalue weighted by atomic mass is 32.1.